The summed E-state index contributed by atoms with van der Waals surface area (Å²) in [6.45, 7) is 12.2. The second-order valence-electron chi connectivity index (χ2n) is 12.5. The number of hydrogen-bond acceptors (Lipinski definition) is 12. The van der Waals surface area contributed by atoms with Crippen molar-refractivity contribution < 1.29 is 57.5 Å². The van der Waals surface area contributed by atoms with Gasteiger partial charge in [-0.15, -0.1) is 0 Å². The van der Waals surface area contributed by atoms with Crippen molar-refractivity contribution in [3.05, 3.63) is 11.6 Å². The summed E-state index contributed by atoms with van der Waals surface area (Å²) in [5.41, 5.74) is -3.75. The van der Waals surface area contributed by atoms with Gasteiger partial charge in [-0.3, -0.25) is 19.2 Å². The van der Waals surface area contributed by atoms with Crippen LogP contribution in [-0.2, 0) is 52.4 Å². The summed E-state index contributed by atoms with van der Waals surface area (Å²) in [7, 11) is 0. The van der Waals surface area contributed by atoms with Crippen molar-refractivity contribution in [3.8, 4) is 0 Å². The molecular weight excluding hydrogens is 552 g/mol. The molecule has 1 N–H and O–H groups in total. The van der Waals surface area contributed by atoms with Gasteiger partial charge in [0.1, 0.15) is 24.4 Å². The first-order valence-corrected chi connectivity index (χ1v) is 14.5. The zero-order valence-corrected chi connectivity index (χ0v) is 25.5. The average Bonchev–Trinajstić information content (AvgIpc) is 3.45. The fourth-order valence-electron chi connectivity index (χ4n) is 7.54. The number of fused-ring (bicyclic) bond motifs is 1. The largest absolute Gasteiger partial charge is 0.462 e. The molecule has 12 heteroatoms. The molecule has 0 aromatic heterocycles. The SMILES string of the molecule is CCCC(=O)O[C@H]1C/C(C)=C\[C@@H]2OC(=O)[C@]3(C)O[C@]23[C@H](OC(C)=O)[C@H]2[C@@H](C)[C@@H](O)C[C@H](OC(C)=O)[C@]2(C)[C@H]1OC(C)=O. The number of epoxide rings is 1. The zero-order valence-electron chi connectivity index (χ0n) is 25.5. The van der Waals surface area contributed by atoms with Gasteiger partial charge in [0.2, 0.25) is 0 Å². The van der Waals surface area contributed by atoms with E-state index in [1.54, 1.807) is 33.8 Å². The molecule has 0 amide bonds. The zero-order chi connectivity index (χ0) is 31.4. The molecule has 0 aromatic carbocycles. The van der Waals surface area contributed by atoms with E-state index in [1.807, 2.05) is 6.92 Å². The van der Waals surface area contributed by atoms with Crippen molar-refractivity contribution in [2.45, 2.75) is 129 Å². The lowest BCUT2D eigenvalue weighted by molar-refractivity contribution is -0.245. The lowest BCUT2D eigenvalue weighted by Gasteiger charge is -2.57. The highest BCUT2D eigenvalue weighted by Crippen LogP contribution is 2.65. The van der Waals surface area contributed by atoms with E-state index >= 15 is 0 Å². The molecule has 1 saturated carbocycles. The van der Waals surface area contributed by atoms with Gasteiger partial charge in [-0.05, 0) is 32.3 Å². The third kappa shape index (κ3) is 5.10. The molecule has 0 aromatic rings. The smallest absolute Gasteiger partial charge is 0.342 e. The van der Waals surface area contributed by atoms with Crippen LogP contribution in [0.5, 0.6) is 0 Å². The molecule has 2 aliphatic heterocycles. The molecule has 2 heterocycles. The summed E-state index contributed by atoms with van der Waals surface area (Å²) in [5.74, 6) is -4.78. The highest BCUT2D eigenvalue weighted by atomic mass is 16.7. The number of hydrogen-bond donors (Lipinski definition) is 1. The second-order valence-corrected chi connectivity index (χ2v) is 12.5. The predicted molar refractivity (Wildman–Crippen MR) is 143 cm³/mol. The summed E-state index contributed by atoms with van der Waals surface area (Å²) < 4.78 is 35.8. The Labute approximate surface area is 245 Å². The Kier molecular flexibility index (Phi) is 8.56. The molecule has 42 heavy (non-hydrogen) atoms. The van der Waals surface area contributed by atoms with Crippen LogP contribution in [0.3, 0.4) is 0 Å². The fourth-order valence-corrected chi connectivity index (χ4v) is 7.54. The Morgan fingerprint density at radius 3 is 2.14 bits per heavy atom. The van der Waals surface area contributed by atoms with Crippen LogP contribution < -0.4 is 0 Å². The van der Waals surface area contributed by atoms with Crippen molar-refractivity contribution in [1.29, 1.82) is 0 Å². The molecule has 4 aliphatic rings. The number of carbonyl (C=O) groups is 5. The predicted octanol–water partition coefficient (Wildman–Crippen LogP) is 2.32. The van der Waals surface area contributed by atoms with Crippen molar-refractivity contribution in [3.63, 3.8) is 0 Å². The van der Waals surface area contributed by atoms with Crippen LogP contribution in [0.4, 0.5) is 0 Å². The molecule has 3 fully saturated rings. The van der Waals surface area contributed by atoms with Crippen LogP contribution in [0.15, 0.2) is 11.6 Å². The Hall–Kier alpha value is -2.99. The normalized spacial score (nSPS) is 43.6. The maximum Gasteiger partial charge on any atom is 0.342 e. The molecule has 234 valence electrons. The highest BCUT2D eigenvalue weighted by molar-refractivity contribution is 5.89. The molecule has 12 nitrogen and oxygen atoms in total. The Bertz CT molecular complexity index is 1180. The monoisotopic (exact) mass is 594 g/mol. The Balaban J connectivity index is 2.04. The third-order valence-corrected chi connectivity index (χ3v) is 9.45. The van der Waals surface area contributed by atoms with Crippen molar-refractivity contribution >= 4 is 29.8 Å². The van der Waals surface area contributed by atoms with Crippen molar-refractivity contribution in [2.24, 2.45) is 17.3 Å². The minimum atomic E-state index is -1.48. The molecule has 1 spiro atoms. The van der Waals surface area contributed by atoms with Crippen LogP contribution in [0.2, 0.25) is 0 Å². The summed E-state index contributed by atoms with van der Waals surface area (Å²) in [6, 6.07) is 0. The topological polar surface area (TPSA) is 164 Å². The minimum Gasteiger partial charge on any atom is -0.462 e. The van der Waals surface area contributed by atoms with E-state index in [0.29, 0.717) is 12.0 Å². The average molecular weight is 595 g/mol. The lowest BCUT2D eigenvalue weighted by Crippen LogP contribution is -2.68. The quantitative estimate of drug-likeness (QED) is 0.207. The summed E-state index contributed by atoms with van der Waals surface area (Å²) in [4.78, 5) is 63.9. The van der Waals surface area contributed by atoms with Crippen LogP contribution in [0, 0.1) is 17.3 Å². The van der Waals surface area contributed by atoms with E-state index in [4.69, 9.17) is 28.4 Å². The van der Waals surface area contributed by atoms with E-state index in [2.05, 4.69) is 0 Å². The molecular formula is C30H42O12. The molecule has 0 radical (unpaired) electrons. The fraction of sp³-hybridized carbons (Fsp3) is 0.767. The van der Waals surface area contributed by atoms with Crippen LogP contribution in [-0.4, -0.2) is 82.8 Å². The van der Waals surface area contributed by atoms with Gasteiger partial charge < -0.3 is 33.5 Å². The maximum absolute atomic E-state index is 13.1. The minimum absolute atomic E-state index is 0.0350. The maximum atomic E-state index is 13.1. The van der Waals surface area contributed by atoms with Crippen LogP contribution in [0.25, 0.3) is 0 Å². The summed E-state index contributed by atoms with van der Waals surface area (Å²) >= 11 is 0. The van der Waals surface area contributed by atoms with Gasteiger partial charge in [0.15, 0.2) is 17.3 Å². The van der Waals surface area contributed by atoms with E-state index in [-0.39, 0.29) is 19.3 Å². The Morgan fingerprint density at radius 2 is 1.60 bits per heavy atom. The molecule has 2 aliphatic carbocycles. The number of ether oxygens (including phenoxy) is 6. The van der Waals surface area contributed by atoms with Crippen molar-refractivity contribution in [2.75, 3.05) is 0 Å². The van der Waals surface area contributed by atoms with Crippen molar-refractivity contribution in [1.82, 2.24) is 0 Å². The number of rotatable bonds is 6. The lowest BCUT2D eigenvalue weighted by atomic mass is 9.53. The molecule has 0 unspecified atom stereocenters. The van der Waals surface area contributed by atoms with Gasteiger partial charge in [-0.25, -0.2) is 4.79 Å². The van der Waals surface area contributed by atoms with Gasteiger partial charge in [0, 0.05) is 46.0 Å². The molecule has 0 bridgehead atoms. The summed E-state index contributed by atoms with van der Waals surface area (Å²) in [5, 5.41) is 11.3. The van der Waals surface area contributed by atoms with Crippen LogP contribution in [0.1, 0.15) is 81.1 Å². The first kappa shape index (κ1) is 31.9. The van der Waals surface area contributed by atoms with E-state index in [0.717, 1.165) is 0 Å². The van der Waals surface area contributed by atoms with Crippen LogP contribution >= 0.6 is 0 Å². The van der Waals surface area contributed by atoms with Gasteiger partial charge >= 0.3 is 29.8 Å². The number of aliphatic hydroxyl groups is 1. The number of aliphatic hydroxyl groups excluding tert-OH is 1. The third-order valence-electron chi connectivity index (χ3n) is 9.45. The van der Waals surface area contributed by atoms with Gasteiger partial charge in [-0.2, -0.15) is 0 Å². The first-order valence-electron chi connectivity index (χ1n) is 14.5. The Morgan fingerprint density at radius 1 is 1.00 bits per heavy atom. The second kappa shape index (κ2) is 11.3. The molecule has 4 rings (SSSR count). The van der Waals surface area contributed by atoms with Gasteiger partial charge in [0.05, 0.1) is 11.5 Å². The van der Waals surface area contributed by atoms with E-state index in [1.165, 1.54) is 20.8 Å². The first-order chi connectivity index (χ1) is 19.5. The number of carbonyl (C=O) groups excluding carboxylic acids is 5. The molecule has 11 atom stereocenters. The number of esters is 5. The van der Waals surface area contributed by atoms with E-state index in [9.17, 15) is 29.1 Å². The van der Waals surface area contributed by atoms with Gasteiger partial charge in [-0.1, -0.05) is 26.3 Å². The highest BCUT2D eigenvalue weighted by Gasteiger charge is 2.87. The van der Waals surface area contributed by atoms with Gasteiger partial charge in [0.25, 0.3) is 0 Å². The molecule has 2 saturated heterocycles. The van der Waals surface area contributed by atoms with E-state index < -0.39 is 94.9 Å². The summed E-state index contributed by atoms with van der Waals surface area (Å²) in [6.07, 6.45) is -4.30. The standard InChI is InChI=1S/C30H42O12/c1-9-10-23(35)40-20-11-14(2)12-22-30(29(8,42-30)27(36)41-22)26(39-18(6)33)24-15(3)19(34)13-21(37-16(4)31)28(24,7)25(20)38-17(5)32/h12,15,19-22,24-26,34H,9-11,13H2,1-8H3/b14-12-/t15-,19-,20-,21-,22-,24+,25-,26+,28-,29-,30-/m0/s1.